The van der Waals surface area contributed by atoms with Crippen LogP contribution < -0.4 is 5.32 Å². The second-order valence-electron chi connectivity index (χ2n) is 6.62. The number of carbonyl (C=O) groups is 1. The summed E-state index contributed by atoms with van der Waals surface area (Å²) in [6.07, 6.45) is 1.58. The minimum absolute atomic E-state index is 0.287. The van der Waals surface area contributed by atoms with Gasteiger partial charge in [0.25, 0.3) is 0 Å². The van der Waals surface area contributed by atoms with Crippen LogP contribution in [0.3, 0.4) is 0 Å². The Morgan fingerprint density at radius 2 is 2.11 bits per heavy atom. The van der Waals surface area contributed by atoms with E-state index < -0.39 is 5.82 Å². The first kappa shape index (κ1) is 17.2. The van der Waals surface area contributed by atoms with E-state index in [1.54, 1.807) is 17.0 Å². The van der Waals surface area contributed by atoms with Gasteiger partial charge in [-0.3, -0.25) is 0 Å². The molecule has 1 atom stereocenters. The maximum Gasteiger partial charge on any atom is 0.322 e. The van der Waals surface area contributed by atoms with Crippen molar-refractivity contribution in [3.8, 4) is 11.4 Å². The van der Waals surface area contributed by atoms with Gasteiger partial charge in [-0.1, -0.05) is 35.0 Å². The van der Waals surface area contributed by atoms with Gasteiger partial charge in [0.15, 0.2) is 0 Å². The summed E-state index contributed by atoms with van der Waals surface area (Å²) < 4.78 is 18.8. The Morgan fingerprint density at radius 3 is 2.93 bits per heavy atom. The van der Waals surface area contributed by atoms with E-state index >= 15 is 0 Å². The summed E-state index contributed by atoms with van der Waals surface area (Å²) in [5, 5.41) is 6.79. The van der Waals surface area contributed by atoms with Crippen LogP contribution in [0.4, 0.5) is 14.9 Å². The van der Waals surface area contributed by atoms with Crippen molar-refractivity contribution >= 4 is 11.7 Å². The summed E-state index contributed by atoms with van der Waals surface area (Å²) >= 11 is 0. The Balaban J connectivity index is 1.52. The molecule has 2 amide bonds. The zero-order valence-electron chi connectivity index (χ0n) is 14.9. The quantitative estimate of drug-likeness (QED) is 0.738. The molecule has 0 bridgehead atoms. The molecule has 1 aromatic heterocycles. The van der Waals surface area contributed by atoms with Gasteiger partial charge in [0.1, 0.15) is 11.9 Å². The average Bonchev–Trinajstić information content (AvgIpc) is 3.31. The molecule has 1 aliphatic rings. The van der Waals surface area contributed by atoms with Crippen LogP contribution in [0.2, 0.25) is 0 Å². The monoisotopic (exact) mass is 366 g/mol. The lowest BCUT2D eigenvalue weighted by Crippen LogP contribution is -2.34. The smallest absolute Gasteiger partial charge is 0.322 e. The molecular weight excluding hydrogens is 347 g/mol. The van der Waals surface area contributed by atoms with E-state index in [4.69, 9.17) is 4.52 Å². The summed E-state index contributed by atoms with van der Waals surface area (Å²) in [6, 6.07) is 13.1. The molecule has 0 radical (unpaired) electrons. The first-order valence-electron chi connectivity index (χ1n) is 8.84. The molecule has 1 fully saturated rings. The van der Waals surface area contributed by atoms with Crippen molar-refractivity contribution in [2.75, 3.05) is 11.9 Å². The highest BCUT2D eigenvalue weighted by Gasteiger charge is 2.34. The second-order valence-corrected chi connectivity index (χ2v) is 6.62. The van der Waals surface area contributed by atoms with Gasteiger partial charge in [-0.25, -0.2) is 9.18 Å². The molecule has 27 heavy (non-hydrogen) atoms. The predicted molar refractivity (Wildman–Crippen MR) is 98.6 cm³/mol. The SMILES string of the molecule is Cc1cccc(-c2noc([C@H]3CCCN3C(=O)Nc3cccc(F)c3)n2)c1. The Bertz CT molecular complexity index is 972. The molecule has 0 spiro atoms. The molecule has 2 heterocycles. The summed E-state index contributed by atoms with van der Waals surface area (Å²) in [6.45, 7) is 2.58. The van der Waals surface area contributed by atoms with E-state index in [-0.39, 0.29) is 12.1 Å². The Hall–Kier alpha value is -3.22. The molecule has 3 aromatic rings. The van der Waals surface area contributed by atoms with E-state index in [1.165, 1.54) is 12.1 Å². The van der Waals surface area contributed by atoms with Gasteiger partial charge in [-0.15, -0.1) is 0 Å². The van der Waals surface area contributed by atoms with E-state index in [0.717, 1.165) is 24.0 Å². The van der Waals surface area contributed by atoms with Crippen LogP contribution in [0.5, 0.6) is 0 Å². The van der Waals surface area contributed by atoms with Crippen LogP contribution >= 0.6 is 0 Å². The number of halogens is 1. The molecule has 2 aromatic carbocycles. The van der Waals surface area contributed by atoms with Crippen LogP contribution in [0.1, 0.15) is 30.3 Å². The Kier molecular flexibility index (Phi) is 4.58. The molecule has 0 saturated carbocycles. The van der Waals surface area contributed by atoms with Gasteiger partial charge in [0.2, 0.25) is 11.7 Å². The molecule has 7 heteroatoms. The average molecular weight is 366 g/mol. The first-order valence-corrected chi connectivity index (χ1v) is 8.84. The first-order chi connectivity index (χ1) is 13.1. The van der Waals surface area contributed by atoms with Crippen molar-refractivity contribution in [3.63, 3.8) is 0 Å². The fourth-order valence-corrected chi connectivity index (χ4v) is 3.30. The Morgan fingerprint density at radius 1 is 1.26 bits per heavy atom. The summed E-state index contributed by atoms with van der Waals surface area (Å²) in [4.78, 5) is 18.8. The zero-order chi connectivity index (χ0) is 18.8. The van der Waals surface area contributed by atoms with Gasteiger partial charge >= 0.3 is 6.03 Å². The fraction of sp³-hybridized carbons (Fsp3) is 0.250. The highest BCUT2D eigenvalue weighted by Crippen LogP contribution is 2.32. The van der Waals surface area contributed by atoms with Crippen LogP contribution in [0, 0.1) is 12.7 Å². The number of anilines is 1. The summed E-state index contributed by atoms with van der Waals surface area (Å²) in [5.41, 5.74) is 2.39. The standard InChI is InChI=1S/C20H19FN4O2/c1-13-5-2-6-14(11-13)18-23-19(27-24-18)17-9-4-10-25(17)20(26)22-16-8-3-7-15(21)12-16/h2-3,5-8,11-12,17H,4,9-10H2,1H3,(H,22,26)/t17-/m1/s1. The number of urea groups is 1. The van der Waals surface area contributed by atoms with Gasteiger partial charge in [0, 0.05) is 17.8 Å². The van der Waals surface area contributed by atoms with Crippen molar-refractivity contribution in [2.24, 2.45) is 0 Å². The molecule has 4 rings (SSSR count). The number of carbonyl (C=O) groups excluding carboxylic acids is 1. The third-order valence-electron chi connectivity index (χ3n) is 4.59. The number of hydrogen-bond donors (Lipinski definition) is 1. The molecule has 1 aliphatic heterocycles. The summed E-state index contributed by atoms with van der Waals surface area (Å²) in [5.74, 6) is 0.523. The number of nitrogens with one attached hydrogen (secondary N) is 1. The van der Waals surface area contributed by atoms with Crippen LogP contribution in [0.25, 0.3) is 11.4 Å². The van der Waals surface area contributed by atoms with Gasteiger partial charge in [0.05, 0.1) is 0 Å². The highest BCUT2D eigenvalue weighted by molar-refractivity contribution is 5.89. The lowest BCUT2D eigenvalue weighted by atomic mass is 10.1. The molecule has 1 N–H and O–H groups in total. The van der Waals surface area contributed by atoms with Gasteiger partial charge < -0.3 is 14.7 Å². The molecule has 6 nitrogen and oxygen atoms in total. The maximum absolute atomic E-state index is 13.3. The number of amides is 2. The van der Waals surface area contributed by atoms with Crippen molar-refractivity contribution in [1.29, 1.82) is 0 Å². The van der Waals surface area contributed by atoms with Crippen molar-refractivity contribution in [3.05, 3.63) is 65.8 Å². The topological polar surface area (TPSA) is 71.3 Å². The third-order valence-corrected chi connectivity index (χ3v) is 4.59. The minimum atomic E-state index is -0.398. The van der Waals surface area contributed by atoms with E-state index in [1.807, 2.05) is 31.2 Å². The highest BCUT2D eigenvalue weighted by atomic mass is 19.1. The fourth-order valence-electron chi connectivity index (χ4n) is 3.30. The Labute approximate surface area is 156 Å². The maximum atomic E-state index is 13.3. The number of aromatic nitrogens is 2. The van der Waals surface area contributed by atoms with Crippen LogP contribution in [0.15, 0.2) is 53.1 Å². The molecule has 0 aliphatic carbocycles. The predicted octanol–water partition coefficient (Wildman–Crippen LogP) is 4.55. The molecule has 0 unspecified atom stereocenters. The van der Waals surface area contributed by atoms with E-state index in [9.17, 15) is 9.18 Å². The second kappa shape index (κ2) is 7.19. The summed E-state index contributed by atoms with van der Waals surface area (Å²) in [7, 11) is 0. The van der Waals surface area contributed by atoms with E-state index in [0.29, 0.717) is 23.9 Å². The largest absolute Gasteiger partial charge is 0.337 e. The number of rotatable bonds is 3. The normalized spacial score (nSPS) is 16.5. The lowest BCUT2D eigenvalue weighted by Gasteiger charge is -2.22. The minimum Gasteiger partial charge on any atom is -0.337 e. The molecule has 138 valence electrons. The van der Waals surface area contributed by atoms with Crippen molar-refractivity contribution in [2.45, 2.75) is 25.8 Å². The lowest BCUT2D eigenvalue weighted by molar-refractivity contribution is 0.193. The van der Waals surface area contributed by atoms with Gasteiger partial charge in [-0.05, 0) is 44.0 Å². The third kappa shape index (κ3) is 3.67. The number of nitrogens with zero attached hydrogens (tertiary/aromatic N) is 3. The number of likely N-dealkylation sites (tertiary alicyclic amines) is 1. The van der Waals surface area contributed by atoms with Crippen LogP contribution in [-0.4, -0.2) is 27.6 Å². The number of hydrogen-bond acceptors (Lipinski definition) is 4. The number of aryl methyl sites for hydroxylation is 1. The van der Waals surface area contributed by atoms with Crippen molar-refractivity contribution < 1.29 is 13.7 Å². The molecular formula is C20H19FN4O2. The number of benzene rings is 2. The van der Waals surface area contributed by atoms with E-state index in [2.05, 4.69) is 15.5 Å². The molecule has 1 saturated heterocycles. The van der Waals surface area contributed by atoms with Gasteiger partial charge in [-0.2, -0.15) is 4.98 Å². The van der Waals surface area contributed by atoms with Crippen LogP contribution in [-0.2, 0) is 0 Å². The zero-order valence-corrected chi connectivity index (χ0v) is 14.9. The van der Waals surface area contributed by atoms with Crippen molar-refractivity contribution in [1.82, 2.24) is 15.0 Å².